The summed E-state index contributed by atoms with van der Waals surface area (Å²) in [5.74, 6) is 6.31. The largest absolute Gasteiger partial charge is 0.339 e. The van der Waals surface area contributed by atoms with E-state index in [1.807, 2.05) is 124 Å². The van der Waals surface area contributed by atoms with Crippen LogP contribution in [-0.2, 0) is 12.5 Å². The number of nitrogens with one attached hydrogen (secondary N) is 1. The van der Waals surface area contributed by atoms with Gasteiger partial charge in [0.15, 0.2) is 5.65 Å². The number of benzene rings is 2. The van der Waals surface area contributed by atoms with Gasteiger partial charge in [-0.1, -0.05) is 12.0 Å². The summed E-state index contributed by atoms with van der Waals surface area (Å²) in [6, 6.07) is 19.7. The van der Waals surface area contributed by atoms with Gasteiger partial charge in [0.2, 0.25) is 0 Å². The van der Waals surface area contributed by atoms with Gasteiger partial charge in [0.25, 0.3) is 5.91 Å². The predicted octanol–water partition coefficient (Wildman–Crippen LogP) is 6.97. The third kappa shape index (κ3) is 6.20. The van der Waals surface area contributed by atoms with Gasteiger partial charge < -0.3 is 10.2 Å². The van der Waals surface area contributed by atoms with Gasteiger partial charge >= 0.3 is 0 Å². The summed E-state index contributed by atoms with van der Waals surface area (Å²) in [6.07, 6.45) is 10.9. The Morgan fingerprint density at radius 3 is 2.49 bits per heavy atom. The van der Waals surface area contributed by atoms with Crippen LogP contribution in [0.4, 0.5) is 17.1 Å². The van der Waals surface area contributed by atoms with Crippen LogP contribution in [0.25, 0.3) is 16.8 Å². The van der Waals surface area contributed by atoms with Crippen LogP contribution in [0.2, 0.25) is 0 Å². The Hall–Kier alpha value is -6.19. The van der Waals surface area contributed by atoms with E-state index in [0.29, 0.717) is 11.3 Å². The molecule has 0 saturated heterocycles. The standard InChI is InChI=1S/C38H34N8O/c1-25-16-26(2)34(37(47)43-31-18-29(27-11-13-40-14-12-27)17-30(20-31)38(3,4)24-39)19-28(25)9-10-32-21-41-36-35(8-7-15-46(32)36)45(6)33-22-42-44(5)23-33/h7-8,11-23H,1-6H3,(H,43,47). The van der Waals surface area contributed by atoms with E-state index in [-0.39, 0.29) is 5.91 Å². The summed E-state index contributed by atoms with van der Waals surface area (Å²) < 4.78 is 3.72. The molecule has 0 unspecified atom stereocenters. The smallest absolute Gasteiger partial charge is 0.255 e. The first kappa shape index (κ1) is 30.8. The Morgan fingerprint density at radius 2 is 1.77 bits per heavy atom. The van der Waals surface area contributed by atoms with Gasteiger partial charge in [-0.15, -0.1) is 0 Å². The van der Waals surface area contributed by atoms with E-state index >= 15 is 0 Å². The summed E-state index contributed by atoms with van der Waals surface area (Å²) >= 11 is 0. The highest BCUT2D eigenvalue weighted by atomic mass is 16.1. The third-order valence-electron chi connectivity index (χ3n) is 8.30. The molecule has 47 heavy (non-hydrogen) atoms. The molecule has 0 aliphatic rings. The molecule has 0 spiro atoms. The van der Waals surface area contributed by atoms with E-state index in [9.17, 15) is 10.1 Å². The Kier molecular flexibility index (Phi) is 8.07. The number of rotatable bonds is 6. The van der Waals surface area contributed by atoms with Crippen LogP contribution in [0, 0.1) is 37.0 Å². The number of carbonyl (C=O) groups excluding carboxylic acids is 1. The molecule has 1 N–H and O–H groups in total. The average molecular weight is 619 g/mol. The topological polar surface area (TPSA) is 104 Å². The number of pyridine rings is 2. The lowest BCUT2D eigenvalue weighted by Gasteiger charge is -2.19. The lowest BCUT2D eigenvalue weighted by Crippen LogP contribution is -2.17. The first-order chi connectivity index (χ1) is 22.5. The van der Waals surface area contributed by atoms with Crippen LogP contribution >= 0.6 is 0 Å². The van der Waals surface area contributed by atoms with E-state index in [1.165, 1.54) is 0 Å². The van der Waals surface area contributed by atoms with Gasteiger partial charge in [-0.3, -0.25) is 18.9 Å². The summed E-state index contributed by atoms with van der Waals surface area (Å²) in [5.41, 5.74) is 8.94. The minimum absolute atomic E-state index is 0.254. The van der Waals surface area contributed by atoms with Crippen LogP contribution in [0.1, 0.15) is 52.2 Å². The second kappa shape index (κ2) is 12.3. The molecule has 9 nitrogen and oxygen atoms in total. The van der Waals surface area contributed by atoms with Crippen molar-refractivity contribution in [3.8, 4) is 29.0 Å². The number of nitrogens with zero attached hydrogens (tertiary/aromatic N) is 7. The molecular formula is C38H34N8O. The fraction of sp³-hybridized carbons (Fsp3) is 0.184. The predicted molar refractivity (Wildman–Crippen MR) is 185 cm³/mol. The summed E-state index contributed by atoms with van der Waals surface area (Å²) in [4.78, 5) is 24.6. The molecule has 0 radical (unpaired) electrons. The van der Waals surface area contributed by atoms with Gasteiger partial charge in [-0.05, 0) is 110 Å². The van der Waals surface area contributed by atoms with Crippen molar-refractivity contribution in [1.29, 1.82) is 5.26 Å². The van der Waals surface area contributed by atoms with Gasteiger partial charge in [-0.25, -0.2) is 4.98 Å². The summed E-state index contributed by atoms with van der Waals surface area (Å²) in [7, 11) is 3.87. The zero-order valence-electron chi connectivity index (χ0n) is 27.2. The van der Waals surface area contributed by atoms with Crippen LogP contribution in [0.3, 0.4) is 0 Å². The van der Waals surface area contributed by atoms with Crippen molar-refractivity contribution in [2.24, 2.45) is 7.05 Å². The fourth-order valence-corrected chi connectivity index (χ4v) is 5.47. The Morgan fingerprint density at radius 1 is 0.979 bits per heavy atom. The second-order valence-electron chi connectivity index (χ2n) is 12.1. The zero-order chi connectivity index (χ0) is 33.3. The van der Waals surface area contributed by atoms with E-state index in [2.05, 4.69) is 38.3 Å². The maximum Gasteiger partial charge on any atom is 0.255 e. The monoisotopic (exact) mass is 618 g/mol. The number of nitriles is 1. The third-order valence-corrected chi connectivity index (χ3v) is 8.30. The highest BCUT2D eigenvalue weighted by molar-refractivity contribution is 6.06. The maximum atomic E-state index is 13.7. The van der Waals surface area contributed by atoms with Crippen molar-refractivity contribution in [3.05, 3.63) is 125 Å². The van der Waals surface area contributed by atoms with E-state index in [4.69, 9.17) is 0 Å². The van der Waals surface area contributed by atoms with Crippen molar-refractivity contribution in [1.82, 2.24) is 24.1 Å². The van der Waals surface area contributed by atoms with Gasteiger partial charge in [0, 0.05) is 55.7 Å². The summed E-state index contributed by atoms with van der Waals surface area (Å²) in [6.45, 7) is 7.63. The Labute approximate surface area is 274 Å². The molecule has 4 heterocycles. The molecule has 0 aliphatic carbocycles. The molecule has 0 fully saturated rings. The number of anilines is 3. The van der Waals surface area contributed by atoms with Gasteiger partial charge in [0.05, 0.1) is 35.3 Å². The van der Waals surface area contributed by atoms with Crippen LogP contribution in [-0.4, -0.2) is 37.1 Å². The molecule has 6 rings (SSSR count). The molecule has 6 aromatic rings. The van der Waals surface area contributed by atoms with E-state index < -0.39 is 5.41 Å². The molecule has 0 atom stereocenters. The minimum Gasteiger partial charge on any atom is -0.339 e. The first-order valence-electron chi connectivity index (χ1n) is 15.1. The molecule has 9 heteroatoms. The average Bonchev–Trinajstić information content (AvgIpc) is 3.70. The molecule has 0 bridgehead atoms. The number of hydrogen-bond acceptors (Lipinski definition) is 6. The minimum atomic E-state index is -0.752. The Balaban J connectivity index is 1.32. The number of carbonyl (C=O) groups is 1. The van der Waals surface area contributed by atoms with Crippen LogP contribution in [0.5, 0.6) is 0 Å². The highest BCUT2D eigenvalue weighted by Gasteiger charge is 2.22. The molecular weight excluding hydrogens is 584 g/mol. The van der Waals surface area contributed by atoms with Crippen molar-refractivity contribution >= 4 is 28.6 Å². The maximum absolute atomic E-state index is 13.7. The van der Waals surface area contributed by atoms with Crippen molar-refractivity contribution in [2.75, 3.05) is 17.3 Å². The van der Waals surface area contributed by atoms with Crippen LogP contribution in [0.15, 0.2) is 91.8 Å². The lowest BCUT2D eigenvalue weighted by atomic mass is 9.84. The molecule has 4 aromatic heterocycles. The fourth-order valence-electron chi connectivity index (χ4n) is 5.47. The normalized spacial score (nSPS) is 11.1. The van der Waals surface area contributed by atoms with E-state index in [0.717, 1.165) is 56.1 Å². The van der Waals surface area contributed by atoms with Crippen molar-refractivity contribution in [3.63, 3.8) is 0 Å². The summed E-state index contributed by atoms with van der Waals surface area (Å²) in [5, 5.41) is 17.2. The van der Waals surface area contributed by atoms with Crippen molar-refractivity contribution in [2.45, 2.75) is 33.1 Å². The molecule has 232 valence electrons. The number of imidazole rings is 1. The molecule has 0 saturated carbocycles. The Bertz CT molecular complexity index is 2240. The number of aromatic nitrogens is 5. The van der Waals surface area contributed by atoms with Crippen LogP contribution < -0.4 is 10.2 Å². The SMILES string of the molecule is Cc1cc(C)c(C(=O)Nc2cc(-c3ccncc3)cc(C(C)(C)C#N)c2)cc1C#Cc1cnc2c(N(C)c3cnn(C)c3)cccn12. The molecule has 1 amide bonds. The zero-order valence-corrected chi connectivity index (χ0v) is 27.2. The van der Waals surface area contributed by atoms with E-state index in [1.54, 1.807) is 23.3 Å². The number of hydrogen-bond donors (Lipinski definition) is 1. The number of aryl methyl sites for hydroxylation is 3. The van der Waals surface area contributed by atoms with Gasteiger partial charge in [-0.2, -0.15) is 10.4 Å². The molecule has 0 aliphatic heterocycles. The highest BCUT2D eigenvalue weighted by Crippen LogP contribution is 2.32. The number of fused-ring (bicyclic) bond motifs is 1. The van der Waals surface area contributed by atoms with Crippen molar-refractivity contribution < 1.29 is 4.79 Å². The lowest BCUT2D eigenvalue weighted by molar-refractivity contribution is 0.102. The quantitative estimate of drug-likeness (QED) is 0.202. The number of amides is 1. The second-order valence-corrected chi connectivity index (χ2v) is 12.1. The molecule has 2 aromatic carbocycles. The first-order valence-corrected chi connectivity index (χ1v) is 15.1. The van der Waals surface area contributed by atoms with Gasteiger partial charge in [0.1, 0.15) is 5.69 Å².